The minimum absolute atomic E-state index is 0.0274. The van der Waals surface area contributed by atoms with Gasteiger partial charge in [0, 0.05) is 25.2 Å². The Morgan fingerprint density at radius 3 is 2.77 bits per heavy atom. The van der Waals surface area contributed by atoms with Crippen molar-refractivity contribution in [2.75, 3.05) is 36.5 Å². The maximum atomic E-state index is 13.0. The predicted molar refractivity (Wildman–Crippen MR) is 124 cm³/mol. The van der Waals surface area contributed by atoms with Crippen molar-refractivity contribution in [1.82, 2.24) is 10.3 Å². The van der Waals surface area contributed by atoms with Gasteiger partial charge >= 0.3 is 0 Å². The molecule has 0 saturated carbocycles. The Kier molecular flexibility index (Phi) is 6.28. The topological polar surface area (TPSA) is 110 Å². The number of non-ortho nitro benzene ring substituents is 1. The lowest BCUT2D eigenvalue weighted by molar-refractivity contribution is -0.384. The molecule has 0 radical (unpaired) electrons. The number of anilines is 2. The third-order valence-corrected chi connectivity index (χ3v) is 6.05. The number of nitrogens with zero attached hydrogens (tertiary/aromatic N) is 3. The van der Waals surface area contributed by atoms with Gasteiger partial charge in [0.25, 0.3) is 11.6 Å². The highest BCUT2D eigenvalue weighted by Crippen LogP contribution is 2.31. The van der Waals surface area contributed by atoms with Crippen LogP contribution in [0, 0.1) is 10.1 Å². The van der Waals surface area contributed by atoms with Gasteiger partial charge in [-0.1, -0.05) is 29.0 Å². The number of amides is 1. The van der Waals surface area contributed by atoms with Crippen molar-refractivity contribution in [1.29, 1.82) is 0 Å². The lowest BCUT2D eigenvalue weighted by atomic mass is 10.1. The van der Waals surface area contributed by atoms with Gasteiger partial charge in [-0.2, -0.15) is 0 Å². The summed E-state index contributed by atoms with van der Waals surface area (Å²) < 4.78 is 6.22. The van der Waals surface area contributed by atoms with Crippen LogP contribution in [0.15, 0.2) is 36.4 Å². The number of morpholine rings is 1. The van der Waals surface area contributed by atoms with Crippen LogP contribution < -0.4 is 15.5 Å². The number of carbonyl (C=O) groups excluding carboxylic acids is 1. The van der Waals surface area contributed by atoms with Crippen molar-refractivity contribution in [3.63, 3.8) is 0 Å². The average Bonchev–Trinajstić information content (AvgIpc) is 3.17. The van der Waals surface area contributed by atoms with Gasteiger partial charge in [0.05, 0.1) is 39.1 Å². The summed E-state index contributed by atoms with van der Waals surface area (Å²) in [7, 11) is 0. The van der Waals surface area contributed by atoms with E-state index in [1.54, 1.807) is 12.1 Å². The zero-order valence-electron chi connectivity index (χ0n) is 16.0. The van der Waals surface area contributed by atoms with E-state index >= 15 is 0 Å². The number of hydrogen-bond acceptors (Lipinski definition) is 8. The molecule has 1 aliphatic heterocycles. The van der Waals surface area contributed by atoms with E-state index in [0.717, 1.165) is 4.70 Å². The lowest BCUT2D eigenvalue weighted by Gasteiger charge is -2.30. The maximum Gasteiger partial charge on any atom is 0.270 e. The second-order valence-corrected chi connectivity index (χ2v) is 8.42. The Hall–Kier alpha value is -2.86. The van der Waals surface area contributed by atoms with Crippen molar-refractivity contribution in [3.8, 4) is 0 Å². The Morgan fingerprint density at radius 1 is 1.29 bits per heavy atom. The summed E-state index contributed by atoms with van der Waals surface area (Å²) in [5.41, 5.74) is 1.20. The number of carbonyl (C=O) groups is 1. The van der Waals surface area contributed by atoms with Crippen LogP contribution >= 0.6 is 35.2 Å². The third-order valence-electron chi connectivity index (χ3n) is 4.60. The van der Waals surface area contributed by atoms with E-state index in [9.17, 15) is 14.9 Å². The molecule has 1 aromatic heterocycles. The molecule has 1 fully saturated rings. The SMILES string of the molecule is O=C(NC(=S)Nc1nc2c(Cl)cccc2s1)c1cc([N+](=O)[O-])ccc1N1CCOCC1. The molecule has 0 bridgehead atoms. The Balaban J connectivity index is 1.54. The molecule has 1 aliphatic rings. The van der Waals surface area contributed by atoms with E-state index in [1.165, 1.54) is 23.5 Å². The molecule has 3 aromatic rings. The minimum atomic E-state index is -0.554. The van der Waals surface area contributed by atoms with Gasteiger partial charge in [-0.05, 0) is 30.4 Å². The van der Waals surface area contributed by atoms with Gasteiger partial charge in [0.2, 0.25) is 0 Å². The van der Waals surface area contributed by atoms with Gasteiger partial charge in [0.15, 0.2) is 10.2 Å². The summed E-state index contributed by atoms with van der Waals surface area (Å²) in [4.78, 5) is 30.0. The van der Waals surface area contributed by atoms with Crippen LogP contribution in [0.4, 0.5) is 16.5 Å². The van der Waals surface area contributed by atoms with Crippen molar-refractivity contribution in [2.24, 2.45) is 0 Å². The molecular formula is C19H16ClN5O4S2. The number of hydrogen-bond donors (Lipinski definition) is 2. The molecule has 2 heterocycles. The van der Waals surface area contributed by atoms with Crippen molar-refractivity contribution < 1.29 is 14.5 Å². The van der Waals surface area contributed by atoms with Gasteiger partial charge in [-0.15, -0.1) is 0 Å². The van der Waals surface area contributed by atoms with Gasteiger partial charge in [-0.25, -0.2) is 4.98 Å². The van der Waals surface area contributed by atoms with E-state index in [1.807, 2.05) is 17.0 Å². The number of para-hydroxylation sites is 1. The van der Waals surface area contributed by atoms with Crippen LogP contribution in [0.5, 0.6) is 0 Å². The lowest BCUT2D eigenvalue weighted by Crippen LogP contribution is -2.39. The zero-order chi connectivity index (χ0) is 22.0. The summed E-state index contributed by atoms with van der Waals surface area (Å²) in [5, 5.41) is 17.7. The first kappa shape index (κ1) is 21.4. The normalized spacial score (nSPS) is 13.8. The highest BCUT2D eigenvalue weighted by Gasteiger charge is 2.23. The minimum Gasteiger partial charge on any atom is -0.378 e. The fourth-order valence-corrected chi connectivity index (χ4v) is 4.59. The first-order valence-electron chi connectivity index (χ1n) is 9.21. The number of thiocarbonyl (C=S) groups is 1. The summed E-state index contributed by atoms with van der Waals surface area (Å²) in [6.45, 7) is 2.18. The monoisotopic (exact) mass is 477 g/mol. The molecule has 12 heteroatoms. The first-order valence-corrected chi connectivity index (χ1v) is 10.8. The Bertz CT molecular complexity index is 1180. The number of aromatic nitrogens is 1. The van der Waals surface area contributed by atoms with Gasteiger partial charge < -0.3 is 15.0 Å². The third kappa shape index (κ3) is 4.74. The fraction of sp³-hybridized carbons (Fsp3) is 0.211. The van der Waals surface area contributed by atoms with Crippen LogP contribution in [-0.4, -0.2) is 47.2 Å². The van der Waals surface area contributed by atoms with E-state index in [0.29, 0.717) is 47.7 Å². The molecule has 2 aromatic carbocycles. The van der Waals surface area contributed by atoms with E-state index < -0.39 is 10.8 Å². The maximum absolute atomic E-state index is 13.0. The van der Waals surface area contributed by atoms with Crippen LogP contribution in [0.2, 0.25) is 5.02 Å². The molecule has 9 nitrogen and oxygen atoms in total. The summed E-state index contributed by atoms with van der Waals surface area (Å²) in [6, 6.07) is 9.64. The Labute approximate surface area is 191 Å². The van der Waals surface area contributed by atoms with E-state index in [4.69, 9.17) is 28.6 Å². The zero-order valence-corrected chi connectivity index (χ0v) is 18.4. The molecule has 0 unspecified atom stereocenters. The summed E-state index contributed by atoms with van der Waals surface area (Å²) in [5.74, 6) is -0.554. The number of thiazole rings is 1. The quantitative estimate of drug-likeness (QED) is 0.331. The number of nitro benzene ring substituents is 1. The number of nitro groups is 1. The second-order valence-electron chi connectivity index (χ2n) is 6.57. The summed E-state index contributed by atoms with van der Waals surface area (Å²) in [6.07, 6.45) is 0. The second kappa shape index (κ2) is 9.10. The molecule has 31 heavy (non-hydrogen) atoms. The number of ether oxygens (including phenoxy) is 1. The standard InChI is InChI=1S/C19H16ClN5O4S2/c20-13-2-1-3-15-16(13)21-19(31-15)23-18(30)22-17(26)12-10-11(25(27)28)4-5-14(12)24-6-8-29-9-7-24/h1-5,10H,6-9H2,(H2,21,22,23,26,30). The highest BCUT2D eigenvalue weighted by atomic mass is 35.5. The number of rotatable bonds is 4. The van der Waals surface area contributed by atoms with Crippen molar-refractivity contribution in [3.05, 3.63) is 57.1 Å². The molecular weight excluding hydrogens is 462 g/mol. The molecule has 2 N–H and O–H groups in total. The van der Waals surface area contributed by atoms with Crippen LogP contribution in [0.1, 0.15) is 10.4 Å². The largest absolute Gasteiger partial charge is 0.378 e. The number of fused-ring (bicyclic) bond motifs is 1. The molecule has 0 aliphatic carbocycles. The van der Waals surface area contributed by atoms with E-state index in [2.05, 4.69) is 15.6 Å². The summed E-state index contributed by atoms with van der Waals surface area (Å²) >= 11 is 12.7. The highest BCUT2D eigenvalue weighted by molar-refractivity contribution is 7.80. The van der Waals surface area contributed by atoms with Crippen molar-refractivity contribution >= 4 is 72.9 Å². The fourth-order valence-electron chi connectivity index (χ4n) is 3.17. The average molecular weight is 478 g/mol. The van der Waals surface area contributed by atoms with E-state index in [-0.39, 0.29) is 16.4 Å². The molecule has 1 saturated heterocycles. The molecule has 1 amide bonds. The molecule has 4 rings (SSSR count). The van der Waals surface area contributed by atoms with Crippen molar-refractivity contribution in [2.45, 2.75) is 0 Å². The Morgan fingerprint density at radius 2 is 2.06 bits per heavy atom. The van der Waals surface area contributed by atoms with Gasteiger partial charge in [0.1, 0.15) is 5.52 Å². The van der Waals surface area contributed by atoms with Crippen LogP contribution in [0.25, 0.3) is 10.2 Å². The number of halogens is 1. The molecule has 160 valence electrons. The number of nitrogens with one attached hydrogen (secondary N) is 2. The molecule has 0 spiro atoms. The number of benzene rings is 2. The molecule has 0 atom stereocenters. The van der Waals surface area contributed by atoms with Gasteiger partial charge in [-0.3, -0.25) is 20.2 Å². The van der Waals surface area contributed by atoms with Crippen LogP contribution in [0.3, 0.4) is 0 Å². The smallest absolute Gasteiger partial charge is 0.270 e. The first-order chi connectivity index (χ1) is 14.9. The predicted octanol–water partition coefficient (Wildman–Crippen LogP) is 3.82. The van der Waals surface area contributed by atoms with Crippen LogP contribution in [-0.2, 0) is 4.74 Å².